The summed E-state index contributed by atoms with van der Waals surface area (Å²) in [6, 6.07) is 1.82. The van der Waals surface area contributed by atoms with Crippen LogP contribution >= 0.6 is 0 Å². The Morgan fingerprint density at radius 2 is 2.11 bits per heavy atom. The third-order valence-electron chi connectivity index (χ3n) is 3.41. The zero-order valence-electron chi connectivity index (χ0n) is 10.8. The number of piperidine rings is 1. The number of hydrogen-bond acceptors (Lipinski definition) is 3. The lowest BCUT2D eigenvalue weighted by atomic mass is 9.97. The monoisotopic (exact) mass is 263 g/mol. The highest BCUT2D eigenvalue weighted by Gasteiger charge is 2.25. The van der Waals surface area contributed by atoms with Crippen LogP contribution in [0.4, 0.5) is 0 Å². The molecule has 1 aromatic rings. The predicted molar refractivity (Wildman–Crippen MR) is 69.2 cm³/mol. The zero-order valence-corrected chi connectivity index (χ0v) is 10.8. The van der Waals surface area contributed by atoms with Crippen molar-refractivity contribution in [2.75, 3.05) is 13.1 Å². The van der Waals surface area contributed by atoms with Crippen molar-refractivity contribution < 1.29 is 14.7 Å². The van der Waals surface area contributed by atoms with Crippen molar-refractivity contribution in [3.63, 3.8) is 0 Å². The van der Waals surface area contributed by atoms with Gasteiger partial charge in [0.1, 0.15) is 0 Å². The van der Waals surface area contributed by atoms with Crippen LogP contribution in [0.5, 0.6) is 0 Å². The normalized spacial score (nSPS) is 17.0. The first-order valence-corrected chi connectivity index (χ1v) is 6.25. The number of carbonyl (C=O) groups is 2. The summed E-state index contributed by atoms with van der Waals surface area (Å²) in [7, 11) is 1.81. The molecular formula is C13H17N3O3. The molecule has 0 aromatic carbocycles. The van der Waals surface area contributed by atoms with Gasteiger partial charge in [-0.3, -0.25) is 14.3 Å². The van der Waals surface area contributed by atoms with Crippen LogP contribution < -0.4 is 0 Å². The predicted octanol–water partition coefficient (Wildman–Crippen LogP) is 0.756. The van der Waals surface area contributed by atoms with Crippen LogP contribution in [0.25, 0.3) is 6.08 Å². The lowest BCUT2D eigenvalue weighted by molar-refractivity contribution is -0.144. The molecule has 1 aliphatic rings. The molecule has 1 fully saturated rings. The van der Waals surface area contributed by atoms with Gasteiger partial charge in [0.25, 0.3) is 0 Å². The van der Waals surface area contributed by atoms with Crippen molar-refractivity contribution in [3.05, 3.63) is 24.0 Å². The van der Waals surface area contributed by atoms with E-state index in [0.29, 0.717) is 25.9 Å². The van der Waals surface area contributed by atoms with Crippen molar-refractivity contribution in [1.82, 2.24) is 14.7 Å². The first kappa shape index (κ1) is 13.3. The summed E-state index contributed by atoms with van der Waals surface area (Å²) in [6.07, 6.45) is 5.96. The maximum absolute atomic E-state index is 11.9. The van der Waals surface area contributed by atoms with Gasteiger partial charge in [-0.2, -0.15) is 5.10 Å². The molecule has 6 heteroatoms. The molecule has 1 amide bonds. The maximum Gasteiger partial charge on any atom is 0.306 e. The lowest BCUT2D eigenvalue weighted by Gasteiger charge is -2.29. The average Bonchev–Trinajstić information content (AvgIpc) is 2.81. The highest BCUT2D eigenvalue weighted by Crippen LogP contribution is 2.17. The number of aryl methyl sites for hydroxylation is 1. The van der Waals surface area contributed by atoms with E-state index in [9.17, 15) is 9.59 Å². The third kappa shape index (κ3) is 3.21. The summed E-state index contributed by atoms with van der Waals surface area (Å²) in [5.74, 6) is -1.16. The van der Waals surface area contributed by atoms with Crippen LogP contribution in [0.15, 0.2) is 18.3 Å². The number of amides is 1. The van der Waals surface area contributed by atoms with E-state index in [0.717, 1.165) is 5.69 Å². The first-order valence-electron chi connectivity index (χ1n) is 6.25. The van der Waals surface area contributed by atoms with Gasteiger partial charge in [-0.05, 0) is 25.0 Å². The maximum atomic E-state index is 11.9. The van der Waals surface area contributed by atoms with E-state index in [4.69, 9.17) is 5.11 Å². The number of aromatic nitrogens is 2. The number of likely N-dealkylation sites (tertiary alicyclic amines) is 1. The molecule has 0 atom stereocenters. The molecule has 1 saturated heterocycles. The zero-order chi connectivity index (χ0) is 13.8. The summed E-state index contributed by atoms with van der Waals surface area (Å²) in [5, 5.41) is 12.9. The Morgan fingerprint density at radius 1 is 1.42 bits per heavy atom. The van der Waals surface area contributed by atoms with Crippen molar-refractivity contribution in [3.8, 4) is 0 Å². The molecule has 0 spiro atoms. The highest BCUT2D eigenvalue weighted by molar-refractivity contribution is 5.91. The van der Waals surface area contributed by atoms with E-state index in [1.165, 1.54) is 6.08 Å². The van der Waals surface area contributed by atoms with Gasteiger partial charge in [-0.25, -0.2) is 0 Å². The largest absolute Gasteiger partial charge is 0.481 e. The van der Waals surface area contributed by atoms with Crippen molar-refractivity contribution in [1.29, 1.82) is 0 Å². The molecule has 0 radical (unpaired) electrons. The summed E-state index contributed by atoms with van der Waals surface area (Å²) >= 11 is 0. The van der Waals surface area contributed by atoms with E-state index in [1.807, 2.05) is 13.1 Å². The second kappa shape index (κ2) is 5.69. The molecule has 0 aliphatic carbocycles. The van der Waals surface area contributed by atoms with Gasteiger partial charge in [-0.15, -0.1) is 0 Å². The summed E-state index contributed by atoms with van der Waals surface area (Å²) in [6.45, 7) is 1.01. The smallest absolute Gasteiger partial charge is 0.306 e. The molecule has 1 aliphatic heterocycles. The fourth-order valence-electron chi connectivity index (χ4n) is 2.16. The SMILES string of the molecule is Cn1nccc1/C=C/C(=O)N1CCC(C(=O)O)CC1. The van der Waals surface area contributed by atoms with Crippen LogP contribution in [0.2, 0.25) is 0 Å². The van der Waals surface area contributed by atoms with Gasteiger partial charge < -0.3 is 10.0 Å². The third-order valence-corrected chi connectivity index (χ3v) is 3.41. The Hall–Kier alpha value is -2.11. The van der Waals surface area contributed by atoms with Gasteiger partial charge in [-0.1, -0.05) is 0 Å². The van der Waals surface area contributed by atoms with E-state index >= 15 is 0 Å². The van der Waals surface area contributed by atoms with Crippen molar-refractivity contribution in [2.45, 2.75) is 12.8 Å². The summed E-state index contributed by atoms with van der Waals surface area (Å²) in [5.41, 5.74) is 0.855. The van der Waals surface area contributed by atoms with Gasteiger partial charge in [0.2, 0.25) is 5.91 Å². The van der Waals surface area contributed by atoms with E-state index in [1.54, 1.807) is 21.9 Å². The Bertz CT molecular complexity index is 499. The number of carbonyl (C=O) groups excluding carboxylic acids is 1. The molecule has 0 saturated carbocycles. The number of rotatable bonds is 3. The highest BCUT2D eigenvalue weighted by atomic mass is 16.4. The van der Waals surface area contributed by atoms with Crippen molar-refractivity contribution in [2.24, 2.45) is 13.0 Å². The van der Waals surface area contributed by atoms with Gasteiger partial charge in [0.15, 0.2) is 0 Å². The molecule has 1 N–H and O–H groups in total. The van der Waals surface area contributed by atoms with Crippen LogP contribution in [0, 0.1) is 5.92 Å². The van der Waals surface area contributed by atoms with Crippen LogP contribution in [-0.4, -0.2) is 44.8 Å². The molecule has 19 heavy (non-hydrogen) atoms. The molecular weight excluding hydrogens is 246 g/mol. The first-order chi connectivity index (χ1) is 9.08. The molecule has 0 bridgehead atoms. The fourth-order valence-corrected chi connectivity index (χ4v) is 2.16. The summed E-state index contributed by atoms with van der Waals surface area (Å²) in [4.78, 5) is 24.5. The van der Waals surface area contributed by atoms with Crippen LogP contribution in [-0.2, 0) is 16.6 Å². The van der Waals surface area contributed by atoms with Crippen molar-refractivity contribution >= 4 is 18.0 Å². The number of aliphatic carboxylic acids is 1. The van der Waals surface area contributed by atoms with Gasteiger partial charge in [0.05, 0.1) is 11.6 Å². The minimum atomic E-state index is -0.766. The quantitative estimate of drug-likeness (QED) is 0.817. The Kier molecular flexibility index (Phi) is 3.99. The second-order valence-electron chi connectivity index (χ2n) is 4.65. The average molecular weight is 263 g/mol. The Labute approximate surface area is 111 Å². The Morgan fingerprint density at radius 3 is 2.63 bits per heavy atom. The standard InChI is InChI=1S/C13H17N3O3/c1-15-11(4-7-14-15)2-3-12(17)16-8-5-10(6-9-16)13(18)19/h2-4,7,10H,5-6,8-9H2,1H3,(H,18,19)/b3-2+. The van der Waals surface area contributed by atoms with Crippen LogP contribution in [0.1, 0.15) is 18.5 Å². The minimum absolute atomic E-state index is 0.0787. The van der Waals surface area contributed by atoms with Crippen LogP contribution in [0.3, 0.4) is 0 Å². The van der Waals surface area contributed by atoms with Gasteiger partial charge in [0, 0.05) is 32.4 Å². The molecule has 2 heterocycles. The molecule has 0 unspecified atom stereocenters. The minimum Gasteiger partial charge on any atom is -0.481 e. The number of hydrogen-bond donors (Lipinski definition) is 1. The lowest BCUT2D eigenvalue weighted by Crippen LogP contribution is -2.39. The number of carboxylic acids is 1. The fraction of sp³-hybridized carbons (Fsp3) is 0.462. The molecule has 6 nitrogen and oxygen atoms in total. The number of nitrogens with zero attached hydrogens (tertiary/aromatic N) is 3. The van der Waals surface area contributed by atoms with E-state index < -0.39 is 5.97 Å². The van der Waals surface area contributed by atoms with E-state index in [-0.39, 0.29) is 11.8 Å². The summed E-state index contributed by atoms with van der Waals surface area (Å²) < 4.78 is 1.68. The Balaban J connectivity index is 1.90. The molecule has 102 valence electrons. The molecule has 1 aromatic heterocycles. The van der Waals surface area contributed by atoms with E-state index in [2.05, 4.69) is 5.10 Å². The molecule has 2 rings (SSSR count). The topological polar surface area (TPSA) is 75.4 Å². The van der Waals surface area contributed by atoms with Gasteiger partial charge >= 0.3 is 5.97 Å². The number of carboxylic acid groups (broad SMARTS) is 1. The second-order valence-corrected chi connectivity index (χ2v) is 4.65.